The molecule has 0 N–H and O–H groups in total. The molecule has 4 aromatic heterocycles. The van der Waals surface area contributed by atoms with Gasteiger partial charge in [-0.25, -0.2) is 0 Å². The molecule has 5 aromatic carbocycles. The van der Waals surface area contributed by atoms with Crippen molar-refractivity contribution < 1.29 is 0 Å². The van der Waals surface area contributed by atoms with Gasteiger partial charge >= 0.3 is 0 Å². The van der Waals surface area contributed by atoms with Crippen molar-refractivity contribution in [3.05, 3.63) is 121 Å². The van der Waals surface area contributed by atoms with Crippen LogP contribution in [0.3, 0.4) is 0 Å². The van der Waals surface area contributed by atoms with Crippen LogP contribution in [0.5, 0.6) is 0 Å². The summed E-state index contributed by atoms with van der Waals surface area (Å²) in [5.41, 5.74) is 7.75. The van der Waals surface area contributed by atoms with Crippen LogP contribution >= 0.6 is 0 Å². The normalized spacial score (nSPS) is 14.1. The number of benzene rings is 5. The molecule has 0 atom stereocenters. The Bertz CT molecular complexity index is 2230. The van der Waals surface area contributed by atoms with Gasteiger partial charge in [0.25, 0.3) is 0 Å². The molecule has 0 radical (unpaired) electrons. The lowest BCUT2D eigenvalue weighted by Crippen LogP contribution is -2.49. The maximum atomic E-state index is 2.55. The van der Waals surface area contributed by atoms with E-state index in [0.29, 0.717) is 0 Å². The molecular weight excluding hydrogens is 488 g/mol. The van der Waals surface area contributed by atoms with Gasteiger partial charge in [0.15, 0.2) is 0 Å². The Labute approximate surface area is 226 Å². The SMILES string of the molecule is C[Si]1(C)c2c3ccccc3n3c4cccc(c4)c4ccc(cc4)c4cccc(c4)n4c5ccccc5c1c4c23. The largest absolute Gasteiger partial charge is 0.308 e. The summed E-state index contributed by atoms with van der Waals surface area (Å²) in [5, 5.41) is 10.9. The van der Waals surface area contributed by atoms with Gasteiger partial charge in [0.1, 0.15) is 8.07 Å². The van der Waals surface area contributed by atoms with Crippen LogP contribution in [0, 0.1) is 0 Å². The first kappa shape index (κ1) is 21.3. The van der Waals surface area contributed by atoms with E-state index in [4.69, 9.17) is 0 Å². The molecule has 9 aromatic rings. The van der Waals surface area contributed by atoms with E-state index >= 15 is 0 Å². The summed E-state index contributed by atoms with van der Waals surface area (Å²) < 4.78 is 5.10. The van der Waals surface area contributed by atoms with E-state index in [-0.39, 0.29) is 0 Å². The second-order valence-electron chi connectivity index (χ2n) is 11.5. The molecule has 1 aliphatic heterocycles. The number of aromatic nitrogens is 2. The highest BCUT2D eigenvalue weighted by atomic mass is 28.3. The number of hydrogen-bond acceptors (Lipinski definition) is 0. The number of rotatable bonds is 0. The topological polar surface area (TPSA) is 8.82 Å². The molecule has 0 amide bonds. The first-order valence-electron chi connectivity index (χ1n) is 13.7. The van der Waals surface area contributed by atoms with Gasteiger partial charge in [-0.3, -0.25) is 0 Å². The molecule has 0 aliphatic carbocycles. The molecule has 0 unspecified atom stereocenters. The molecule has 184 valence electrons. The standard InChI is InChI=1S/C36H26N2Si/c1-39(2)35-29-13-3-5-15-31(29)37-27-11-7-9-25(21-27)23-17-19-24(20-18-23)26-10-8-12-28(22-26)38-32-16-6-4-14-30(32)36(39)34(38)33(35)37/h3-22H,1-2H3. The van der Waals surface area contributed by atoms with Crippen molar-refractivity contribution in [1.29, 1.82) is 0 Å². The minimum Gasteiger partial charge on any atom is -0.308 e. The van der Waals surface area contributed by atoms with Gasteiger partial charge in [0, 0.05) is 21.8 Å². The van der Waals surface area contributed by atoms with Gasteiger partial charge < -0.3 is 8.80 Å². The number of para-hydroxylation sites is 2. The fourth-order valence-corrected chi connectivity index (χ4v) is 11.0. The summed E-state index contributed by atoms with van der Waals surface area (Å²) in [6, 6.07) is 45.3. The van der Waals surface area contributed by atoms with Crippen molar-refractivity contribution in [2.45, 2.75) is 13.1 Å². The zero-order chi connectivity index (χ0) is 25.9. The molecule has 39 heavy (non-hydrogen) atoms. The van der Waals surface area contributed by atoms with E-state index < -0.39 is 8.07 Å². The molecule has 0 fully saturated rings. The van der Waals surface area contributed by atoms with Crippen LogP contribution in [-0.4, -0.2) is 16.9 Å². The number of fused-ring (bicyclic) bond motifs is 6. The molecule has 3 heteroatoms. The van der Waals surface area contributed by atoms with Crippen LogP contribution in [-0.2, 0) is 0 Å². The molecular formula is C36H26N2Si. The fourth-order valence-electron chi connectivity index (χ4n) is 7.36. The highest BCUT2D eigenvalue weighted by Crippen LogP contribution is 2.36. The summed E-state index contributed by atoms with van der Waals surface area (Å²) >= 11 is 0. The van der Waals surface area contributed by atoms with E-state index in [1.807, 2.05) is 0 Å². The summed E-state index contributed by atoms with van der Waals surface area (Å²) in [7, 11) is -2.06. The first-order valence-corrected chi connectivity index (χ1v) is 16.7. The van der Waals surface area contributed by atoms with Crippen LogP contribution in [0.15, 0.2) is 121 Å². The highest BCUT2D eigenvalue weighted by molar-refractivity contribution is 7.07. The first-order chi connectivity index (χ1) is 19.1. The monoisotopic (exact) mass is 514 g/mol. The third-order valence-electron chi connectivity index (χ3n) is 8.98. The van der Waals surface area contributed by atoms with E-state index in [1.165, 1.54) is 65.4 Å². The lowest BCUT2D eigenvalue weighted by atomic mass is 10.1. The Hall–Kier alpha value is -4.60. The van der Waals surface area contributed by atoms with Crippen LogP contribution in [0.2, 0.25) is 13.1 Å². The second kappa shape index (κ2) is 7.28. The average Bonchev–Trinajstić information content (AvgIpc) is 3.58. The van der Waals surface area contributed by atoms with Gasteiger partial charge in [-0.15, -0.1) is 0 Å². The van der Waals surface area contributed by atoms with Crippen LogP contribution < -0.4 is 10.4 Å². The summed E-state index contributed by atoms with van der Waals surface area (Å²) in [5.74, 6) is 0. The van der Waals surface area contributed by atoms with Crippen molar-refractivity contribution in [1.82, 2.24) is 8.80 Å². The lowest BCUT2D eigenvalue weighted by molar-refractivity contribution is 1.30. The smallest absolute Gasteiger partial charge is 0.119 e. The van der Waals surface area contributed by atoms with Crippen molar-refractivity contribution >= 4 is 83.9 Å². The van der Waals surface area contributed by atoms with Gasteiger partial charge in [-0.05, 0) is 68.3 Å². The third-order valence-corrected chi connectivity index (χ3v) is 12.5. The van der Waals surface area contributed by atoms with Gasteiger partial charge in [-0.1, -0.05) is 98.0 Å². The number of nitrogens with zero attached hydrogens (tertiary/aromatic N) is 2. The quantitative estimate of drug-likeness (QED) is 0.180. The van der Waals surface area contributed by atoms with Crippen molar-refractivity contribution in [2.24, 2.45) is 0 Å². The zero-order valence-electron chi connectivity index (χ0n) is 21.9. The highest BCUT2D eigenvalue weighted by Gasteiger charge is 2.41. The second-order valence-corrected chi connectivity index (χ2v) is 15.7. The predicted molar refractivity (Wildman–Crippen MR) is 170 cm³/mol. The van der Waals surface area contributed by atoms with Crippen molar-refractivity contribution in [2.75, 3.05) is 0 Å². The lowest BCUT2D eigenvalue weighted by Gasteiger charge is -2.18. The zero-order valence-corrected chi connectivity index (χ0v) is 22.9. The maximum absolute atomic E-state index is 2.55. The Kier molecular flexibility index (Phi) is 3.98. The third kappa shape index (κ3) is 2.65. The molecule has 0 saturated heterocycles. The van der Waals surface area contributed by atoms with Crippen LogP contribution in [0.25, 0.3) is 65.4 Å². The number of hydrogen-bond donors (Lipinski definition) is 0. The van der Waals surface area contributed by atoms with Crippen molar-refractivity contribution in [3.8, 4) is 0 Å². The molecule has 10 rings (SSSR count). The molecule has 0 saturated carbocycles. The minimum atomic E-state index is -2.06. The molecule has 2 nitrogen and oxygen atoms in total. The van der Waals surface area contributed by atoms with E-state index in [0.717, 1.165) is 0 Å². The van der Waals surface area contributed by atoms with E-state index in [1.54, 1.807) is 10.4 Å². The summed E-state index contributed by atoms with van der Waals surface area (Å²) in [4.78, 5) is 0. The molecule has 5 heterocycles. The van der Waals surface area contributed by atoms with Crippen LogP contribution in [0.1, 0.15) is 0 Å². The summed E-state index contributed by atoms with van der Waals surface area (Å²) in [6.07, 6.45) is 0. The molecule has 0 spiro atoms. The summed E-state index contributed by atoms with van der Waals surface area (Å²) in [6.45, 7) is 5.10. The Morgan fingerprint density at radius 1 is 0.436 bits per heavy atom. The van der Waals surface area contributed by atoms with Crippen molar-refractivity contribution in [3.63, 3.8) is 0 Å². The van der Waals surface area contributed by atoms with E-state index in [2.05, 4.69) is 143 Å². The average molecular weight is 515 g/mol. The maximum Gasteiger partial charge on any atom is 0.119 e. The van der Waals surface area contributed by atoms with Gasteiger partial charge in [0.2, 0.25) is 0 Å². The molecule has 6 bridgehead atoms. The predicted octanol–water partition coefficient (Wildman–Crippen LogP) is 8.22. The van der Waals surface area contributed by atoms with Crippen LogP contribution in [0.4, 0.5) is 0 Å². The minimum absolute atomic E-state index is 1.22. The Morgan fingerprint density at radius 3 is 1.33 bits per heavy atom. The Morgan fingerprint density at radius 2 is 0.872 bits per heavy atom. The van der Waals surface area contributed by atoms with Gasteiger partial charge in [-0.2, -0.15) is 0 Å². The van der Waals surface area contributed by atoms with E-state index in [9.17, 15) is 0 Å². The molecule has 1 aliphatic rings. The fraction of sp³-hybridized carbons (Fsp3) is 0.0556. The van der Waals surface area contributed by atoms with Gasteiger partial charge in [0.05, 0.1) is 22.1 Å². The Balaban J connectivity index is 1.74.